The molecule has 0 aliphatic rings. The molecular formula is C28H49Br10NO2. The summed E-state index contributed by atoms with van der Waals surface area (Å²) in [7, 11) is 2.32. The van der Waals surface area contributed by atoms with Crippen LogP contribution in [0.5, 0.6) is 0 Å². The second-order valence-electron chi connectivity index (χ2n) is 10.8. The summed E-state index contributed by atoms with van der Waals surface area (Å²) < 4.78 is 1.05. The van der Waals surface area contributed by atoms with E-state index in [1.807, 2.05) is 0 Å². The summed E-state index contributed by atoms with van der Waals surface area (Å²) in [5.74, 6) is -1.07. The maximum atomic E-state index is 10.8. The number of rotatable bonds is 26. The summed E-state index contributed by atoms with van der Waals surface area (Å²) in [6.07, 6.45) is 17.0. The fourth-order valence-corrected chi connectivity index (χ4v) is 9.47. The van der Waals surface area contributed by atoms with Gasteiger partial charge in [0.1, 0.15) is 0 Å². The molecule has 0 bridgehead atoms. The number of halogens is 10. The monoisotopic (exact) mass is 1220 g/mol. The SMILES string of the molecule is C[N+](CC(Br)CBr)(CC(Br)CBr)CC(Br)CBr.O=C([O-])C(Br)C(Br)C(Br)CCCCCCCCCCCCCCBr. The number of quaternary nitrogens is 1. The van der Waals surface area contributed by atoms with Gasteiger partial charge in [-0.3, -0.25) is 0 Å². The quantitative estimate of drug-likeness (QED) is 0.0492. The van der Waals surface area contributed by atoms with E-state index >= 15 is 0 Å². The highest BCUT2D eigenvalue weighted by Crippen LogP contribution is 2.27. The average Bonchev–Trinajstić information content (AvgIpc) is 2.94. The van der Waals surface area contributed by atoms with Crippen molar-refractivity contribution in [2.45, 2.75) is 112 Å². The van der Waals surface area contributed by atoms with E-state index in [0.29, 0.717) is 14.5 Å². The molecule has 248 valence electrons. The number of unbranched alkanes of at least 4 members (excludes halogenated alkanes) is 11. The molecule has 0 saturated carbocycles. The molecule has 3 nitrogen and oxygen atoms in total. The van der Waals surface area contributed by atoms with Crippen LogP contribution in [0, 0.1) is 0 Å². The van der Waals surface area contributed by atoms with Crippen LogP contribution in [-0.4, -0.2) is 87.4 Å². The molecular weight excluding hydrogens is 1180 g/mol. The molecule has 0 fully saturated rings. The fourth-order valence-electron chi connectivity index (χ4n) is 4.48. The first kappa shape index (κ1) is 47.3. The maximum absolute atomic E-state index is 10.8. The molecule has 0 aliphatic carbocycles. The molecule has 0 amide bonds. The van der Waals surface area contributed by atoms with E-state index in [-0.39, 0.29) is 9.65 Å². The first-order valence-electron chi connectivity index (χ1n) is 14.5. The molecule has 0 heterocycles. The van der Waals surface area contributed by atoms with Crippen molar-refractivity contribution in [3.05, 3.63) is 0 Å². The van der Waals surface area contributed by atoms with E-state index < -0.39 is 10.8 Å². The molecule has 6 atom stereocenters. The average molecular weight is 1230 g/mol. The number of hydrogen-bond acceptors (Lipinski definition) is 2. The van der Waals surface area contributed by atoms with Crippen molar-refractivity contribution in [1.29, 1.82) is 0 Å². The van der Waals surface area contributed by atoms with Gasteiger partial charge < -0.3 is 14.4 Å². The minimum atomic E-state index is -1.07. The van der Waals surface area contributed by atoms with Crippen LogP contribution in [-0.2, 0) is 4.79 Å². The van der Waals surface area contributed by atoms with Crippen LogP contribution in [0.25, 0.3) is 0 Å². The van der Waals surface area contributed by atoms with E-state index in [0.717, 1.165) is 58.3 Å². The minimum absolute atomic E-state index is 0.142. The van der Waals surface area contributed by atoms with Crippen LogP contribution < -0.4 is 5.11 Å². The number of alkyl halides is 10. The second kappa shape index (κ2) is 31.5. The van der Waals surface area contributed by atoms with Crippen molar-refractivity contribution in [2.75, 3.05) is 48.0 Å². The Balaban J connectivity index is 0. The van der Waals surface area contributed by atoms with Gasteiger partial charge in [-0.25, -0.2) is 0 Å². The van der Waals surface area contributed by atoms with Gasteiger partial charge in [0.2, 0.25) is 0 Å². The summed E-state index contributed by atoms with van der Waals surface area (Å²) in [6, 6.07) is 0. The normalized spacial score (nSPS) is 17.4. The number of aliphatic carboxylic acids is 1. The lowest BCUT2D eigenvalue weighted by Gasteiger charge is -2.38. The molecule has 6 unspecified atom stereocenters. The predicted octanol–water partition coefficient (Wildman–Crippen LogP) is 11.4. The third-order valence-electron chi connectivity index (χ3n) is 6.63. The van der Waals surface area contributed by atoms with Crippen molar-refractivity contribution in [3.63, 3.8) is 0 Å². The van der Waals surface area contributed by atoms with Gasteiger partial charge in [-0.05, 0) is 12.8 Å². The molecule has 0 N–H and O–H groups in total. The van der Waals surface area contributed by atoms with Crippen molar-refractivity contribution in [3.8, 4) is 0 Å². The zero-order valence-electron chi connectivity index (χ0n) is 24.1. The number of carboxylic acids is 1. The largest absolute Gasteiger partial charge is 0.549 e. The van der Waals surface area contributed by atoms with Crippen molar-refractivity contribution < 1.29 is 14.4 Å². The first-order chi connectivity index (χ1) is 19.4. The maximum Gasteiger partial charge on any atom is 0.0920 e. The highest BCUT2D eigenvalue weighted by atomic mass is 79.9. The van der Waals surface area contributed by atoms with Gasteiger partial charge in [-0.15, -0.1) is 0 Å². The molecule has 0 aromatic rings. The lowest BCUT2D eigenvalue weighted by molar-refractivity contribution is -0.907. The van der Waals surface area contributed by atoms with Gasteiger partial charge >= 0.3 is 0 Å². The number of hydrogen-bond donors (Lipinski definition) is 0. The third kappa shape index (κ3) is 28.9. The third-order valence-corrected chi connectivity index (χ3v) is 18.5. The summed E-state index contributed by atoms with van der Waals surface area (Å²) in [6.45, 7) is 3.36. The van der Waals surface area contributed by atoms with Crippen LogP contribution >= 0.6 is 159 Å². The lowest BCUT2D eigenvalue weighted by atomic mass is 10.0. The summed E-state index contributed by atoms with van der Waals surface area (Å²) in [5.41, 5.74) is 0. The Bertz CT molecular complexity index is 577. The second-order valence-corrected chi connectivity index (χ2v) is 20.7. The number of nitrogens with zero attached hydrogens (tertiary/aromatic N) is 1. The van der Waals surface area contributed by atoms with Gasteiger partial charge in [0, 0.05) is 31.0 Å². The number of carbonyl (C=O) groups excluding carboxylic acids is 1. The first-order valence-corrected chi connectivity index (χ1v) is 24.5. The lowest BCUT2D eigenvalue weighted by Crippen LogP contribution is -2.54. The van der Waals surface area contributed by atoms with Gasteiger partial charge in [0.15, 0.2) is 0 Å². The van der Waals surface area contributed by atoms with E-state index in [9.17, 15) is 9.90 Å². The molecule has 0 aliphatic heterocycles. The van der Waals surface area contributed by atoms with E-state index in [1.54, 1.807) is 0 Å². The van der Waals surface area contributed by atoms with Gasteiger partial charge in [0.05, 0.1) is 52.0 Å². The van der Waals surface area contributed by atoms with Crippen LogP contribution in [0.3, 0.4) is 0 Å². The predicted molar refractivity (Wildman–Crippen MR) is 217 cm³/mol. The fraction of sp³-hybridized carbons (Fsp3) is 0.964. The summed E-state index contributed by atoms with van der Waals surface area (Å²) in [5, 5.41) is 14.9. The molecule has 0 saturated heterocycles. The van der Waals surface area contributed by atoms with Crippen LogP contribution in [0.15, 0.2) is 0 Å². The Hall–Kier alpha value is 4.23. The molecule has 13 heteroatoms. The van der Waals surface area contributed by atoms with Crippen molar-refractivity contribution in [2.24, 2.45) is 0 Å². The van der Waals surface area contributed by atoms with Gasteiger partial charge in [0.25, 0.3) is 0 Å². The standard InChI is InChI=1S/C18H32Br4O2.C10H18Br6N/c19-14-12-10-8-6-4-2-1-3-5-7-9-11-13-15(20)16(21)17(22)18(23)24;1-17(5-8(14)2-11,6-9(15)3-12)7-10(16)4-13/h15-17H,1-14H2,(H,23,24);8-10H,2-7H2,1H3/q;+1/p-1. The number of carboxylic acid groups (broad SMARTS) is 1. The highest BCUT2D eigenvalue weighted by Gasteiger charge is 2.30. The summed E-state index contributed by atoms with van der Waals surface area (Å²) >= 11 is 35.4. The summed E-state index contributed by atoms with van der Waals surface area (Å²) in [4.78, 5) is 11.7. The minimum Gasteiger partial charge on any atom is -0.549 e. The zero-order chi connectivity index (χ0) is 31.7. The zero-order valence-corrected chi connectivity index (χ0v) is 40.0. The Kier molecular flexibility index (Phi) is 36.4. The van der Waals surface area contributed by atoms with E-state index in [1.165, 1.54) is 70.6 Å². The van der Waals surface area contributed by atoms with Crippen LogP contribution in [0.1, 0.15) is 83.5 Å². The topological polar surface area (TPSA) is 40.1 Å². The molecule has 41 heavy (non-hydrogen) atoms. The Morgan fingerprint density at radius 2 is 0.902 bits per heavy atom. The van der Waals surface area contributed by atoms with E-state index in [2.05, 4.69) is 166 Å². The van der Waals surface area contributed by atoms with Crippen molar-refractivity contribution >= 4 is 165 Å². The Morgan fingerprint density at radius 1 is 0.585 bits per heavy atom. The highest BCUT2D eigenvalue weighted by molar-refractivity contribution is 9.14. The van der Waals surface area contributed by atoms with Gasteiger partial charge in [-0.1, -0.05) is 230 Å². The molecule has 0 rings (SSSR count). The smallest absolute Gasteiger partial charge is 0.0920 e. The van der Waals surface area contributed by atoms with E-state index in [4.69, 9.17) is 0 Å². The molecule has 0 aromatic carbocycles. The molecule has 0 radical (unpaired) electrons. The van der Waals surface area contributed by atoms with Crippen molar-refractivity contribution in [1.82, 2.24) is 0 Å². The Morgan fingerprint density at radius 3 is 1.20 bits per heavy atom. The molecule has 0 aromatic heterocycles. The van der Waals surface area contributed by atoms with Crippen LogP contribution in [0.2, 0.25) is 0 Å². The van der Waals surface area contributed by atoms with Crippen LogP contribution in [0.4, 0.5) is 0 Å². The number of carbonyl (C=O) groups is 1. The Labute approximate surface area is 335 Å². The van der Waals surface area contributed by atoms with Gasteiger partial charge in [-0.2, -0.15) is 0 Å². The molecule has 0 spiro atoms.